The summed E-state index contributed by atoms with van der Waals surface area (Å²) < 4.78 is 1.51. The molecule has 0 fully saturated rings. The molecule has 2 aromatic heterocycles. The first-order valence-electron chi connectivity index (χ1n) is 5.44. The van der Waals surface area contributed by atoms with E-state index in [0.29, 0.717) is 21.4 Å². The number of halogens is 1. The fourth-order valence-electron chi connectivity index (χ4n) is 1.68. The molecule has 1 aromatic carbocycles. The Kier molecular flexibility index (Phi) is 3.19. The van der Waals surface area contributed by atoms with Gasteiger partial charge >= 0.3 is 0 Å². The molecule has 2 heterocycles. The zero-order valence-corrected chi connectivity index (χ0v) is 11.2. The fourth-order valence-corrected chi connectivity index (χ4v) is 2.78. The van der Waals surface area contributed by atoms with E-state index >= 15 is 0 Å². The quantitative estimate of drug-likeness (QED) is 0.765. The van der Waals surface area contributed by atoms with Crippen LogP contribution in [0.3, 0.4) is 0 Å². The molecule has 0 unspecified atom stereocenters. The molecule has 0 saturated carbocycles. The number of nitrogens with zero attached hydrogens (tertiary/aromatic N) is 4. The van der Waals surface area contributed by atoms with Gasteiger partial charge in [0.05, 0.1) is 6.61 Å². The van der Waals surface area contributed by atoms with Crippen molar-refractivity contribution in [1.82, 2.24) is 19.8 Å². The molecule has 0 amide bonds. The predicted octanol–water partition coefficient (Wildman–Crippen LogP) is 1.49. The van der Waals surface area contributed by atoms with Crippen molar-refractivity contribution < 1.29 is 10.2 Å². The summed E-state index contributed by atoms with van der Waals surface area (Å²) in [5, 5.41) is 31.5. The van der Waals surface area contributed by atoms with Gasteiger partial charge in [-0.3, -0.25) is 0 Å². The fraction of sp³-hybridized carbons (Fsp3) is 0.182. The monoisotopic (exact) mass is 296 g/mol. The lowest BCUT2D eigenvalue weighted by Crippen LogP contribution is -1.95. The van der Waals surface area contributed by atoms with Gasteiger partial charge in [0.2, 0.25) is 4.96 Å². The van der Waals surface area contributed by atoms with Crippen LogP contribution in [0, 0.1) is 0 Å². The van der Waals surface area contributed by atoms with Crippen molar-refractivity contribution in [2.75, 3.05) is 0 Å². The first-order valence-corrected chi connectivity index (χ1v) is 6.64. The Morgan fingerprint density at radius 3 is 2.74 bits per heavy atom. The molecule has 0 bridgehead atoms. The maximum atomic E-state index is 9.11. The molecule has 98 valence electrons. The third kappa shape index (κ3) is 2.10. The molecule has 3 aromatic rings. The Balaban J connectivity index is 2.08. The highest BCUT2D eigenvalue weighted by Crippen LogP contribution is 2.29. The largest absolute Gasteiger partial charge is 0.392 e. The molecule has 8 heteroatoms. The van der Waals surface area contributed by atoms with E-state index < -0.39 is 0 Å². The van der Waals surface area contributed by atoms with E-state index in [4.69, 9.17) is 21.8 Å². The van der Waals surface area contributed by atoms with Gasteiger partial charge < -0.3 is 10.2 Å². The average molecular weight is 297 g/mol. The summed E-state index contributed by atoms with van der Waals surface area (Å²) >= 11 is 7.41. The van der Waals surface area contributed by atoms with Gasteiger partial charge in [0.15, 0.2) is 5.82 Å². The normalized spacial score (nSPS) is 11.3. The SMILES string of the molecule is OCc1ccc(-c2nn3c(CO)nnc3s2)cc1Cl. The van der Waals surface area contributed by atoms with Crippen molar-refractivity contribution in [3.63, 3.8) is 0 Å². The summed E-state index contributed by atoms with van der Waals surface area (Å²) in [5.74, 6) is 0.399. The maximum Gasteiger partial charge on any atom is 0.235 e. The van der Waals surface area contributed by atoms with Crippen LogP contribution in [0.25, 0.3) is 15.5 Å². The zero-order valence-electron chi connectivity index (χ0n) is 9.62. The second kappa shape index (κ2) is 4.86. The summed E-state index contributed by atoms with van der Waals surface area (Å²) in [4.78, 5) is 0.612. The molecule has 6 nitrogen and oxygen atoms in total. The number of hydrogen-bond donors (Lipinski definition) is 2. The van der Waals surface area contributed by atoms with Crippen LogP contribution >= 0.6 is 22.9 Å². The van der Waals surface area contributed by atoms with E-state index in [1.807, 2.05) is 6.07 Å². The standard InChI is InChI=1S/C11H9ClN4O2S/c12-8-3-6(1-2-7(8)4-17)10-15-16-9(5-18)13-14-11(16)19-10/h1-3,17-18H,4-5H2. The highest BCUT2D eigenvalue weighted by Gasteiger charge is 2.13. The summed E-state index contributed by atoms with van der Waals surface area (Å²) in [7, 11) is 0. The van der Waals surface area contributed by atoms with E-state index in [0.717, 1.165) is 10.6 Å². The zero-order chi connectivity index (χ0) is 13.4. The number of benzene rings is 1. The smallest absolute Gasteiger partial charge is 0.235 e. The number of aromatic nitrogens is 4. The molecule has 0 atom stereocenters. The third-order valence-corrected chi connectivity index (χ3v) is 3.97. The number of hydrogen-bond acceptors (Lipinski definition) is 6. The molecule has 0 aliphatic heterocycles. The molecule has 0 saturated heterocycles. The van der Waals surface area contributed by atoms with Crippen molar-refractivity contribution >= 4 is 27.9 Å². The minimum atomic E-state index is -0.214. The van der Waals surface area contributed by atoms with Crippen LogP contribution in [0.2, 0.25) is 5.02 Å². The summed E-state index contributed by atoms with van der Waals surface area (Å²) in [6.45, 7) is -0.312. The van der Waals surface area contributed by atoms with Gasteiger partial charge in [0.1, 0.15) is 11.6 Å². The van der Waals surface area contributed by atoms with Gasteiger partial charge in [-0.1, -0.05) is 35.1 Å². The van der Waals surface area contributed by atoms with Crippen LogP contribution in [0.1, 0.15) is 11.4 Å². The lowest BCUT2D eigenvalue weighted by Gasteiger charge is -2.01. The number of aliphatic hydroxyl groups excluding tert-OH is 2. The van der Waals surface area contributed by atoms with Gasteiger partial charge in [-0.25, -0.2) is 0 Å². The Morgan fingerprint density at radius 2 is 2.05 bits per heavy atom. The van der Waals surface area contributed by atoms with E-state index in [1.165, 1.54) is 15.9 Å². The van der Waals surface area contributed by atoms with Crippen molar-refractivity contribution in [2.24, 2.45) is 0 Å². The minimum Gasteiger partial charge on any atom is -0.392 e. The van der Waals surface area contributed by atoms with Crippen LogP contribution in [0.4, 0.5) is 0 Å². The van der Waals surface area contributed by atoms with Crippen LogP contribution in [0.5, 0.6) is 0 Å². The van der Waals surface area contributed by atoms with Crippen LogP contribution in [0.15, 0.2) is 18.2 Å². The van der Waals surface area contributed by atoms with Crippen molar-refractivity contribution in [3.8, 4) is 10.6 Å². The van der Waals surface area contributed by atoms with Crippen molar-refractivity contribution in [2.45, 2.75) is 13.2 Å². The van der Waals surface area contributed by atoms with Crippen LogP contribution in [-0.4, -0.2) is 30.0 Å². The Labute approximate surface area is 116 Å². The Morgan fingerprint density at radius 1 is 1.21 bits per heavy atom. The molecule has 0 aliphatic rings. The number of fused-ring (bicyclic) bond motifs is 1. The van der Waals surface area contributed by atoms with E-state index in [2.05, 4.69) is 15.3 Å². The summed E-state index contributed by atoms with van der Waals surface area (Å²) in [6.07, 6.45) is 0. The molecule has 0 spiro atoms. The van der Waals surface area contributed by atoms with Crippen molar-refractivity contribution in [3.05, 3.63) is 34.6 Å². The molecule has 2 N–H and O–H groups in total. The maximum absolute atomic E-state index is 9.11. The molecule has 19 heavy (non-hydrogen) atoms. The number of rotatable bonds is 3. The lowest BCUT2D eigenvalue weighted by atomic mass is 10.1. The van der Waals surface area contributed by atoms with Gasteiger partial charge in [-0.2, -0.15) is 9.61 Å². The second-order valence-electron chi connectivity index (χ2n) is 3.84. The molecular formula is C11H9ClN4O2S. The highest BCUT2D eigenvalue weighted by molar-refractivity contribution is 7.19. The summed E-state index contributed by atoms with van der Waals surface area (Å²) in [5.41, 5.74) is 1.51. The highest BCUT2D eigenvalue weighted by atomic mass is 35.5. The van der Waals surface area contributed by atoms with E-state index in [9.17, 15) is 0 Å². The second-order valence-corrected chi connectivity index (χ2v) is 5.20. The van der Waals surface area contributed by atoms with Gasteiger partial charge in [0.25, 0.3) is 0 Å². The summed E-state index contributed by atoms with van der Waals surface area (Å²) in [6, 6.07) is 5.34. The Hall–Kier alpha value is -1.54. The van der Waals surface area contributed by atoms with Crippen LogP contribution < -0.4 is 0 Å². The lowest BCUT2D eigenvalue weighted by molar-refractivity contribution is 0.268. The first-order chi connectivity index (χ1) is 9.22. The van der Waals surface area contributed by atoms with Crippen molar-refractivity contribution in [1.29, 1.82) is 0 Å². The molecule has 0 aliphatic carbocycles. The van der Waals surface area contributed by atoms with Gasteiger partial charge in [-0.15, -0.1) is 10.2 Å². The molecule has 0 radical (unpaired) electrons. The van der Waals surface area contributed by atoms with Crippen LogP contribution in [-0.2, 0) is 13.2 Å². The van der Waals surface area contributed by atoms with Gasteiger partial charge in [0, 0.05) is 10.6 Å². The topological polar surface area (TPSA) is 83.5 Å². The first kappa shape index (κ1) is 12.5. The minimum absolute atomic E-state index is 0.0983. The predicted molar refractivity (Wildman–Crippen MR) is 71.0 cm³/mol. The average Bonchev–Trinajstić information content (AvgIpc) is 2.98. The number of aliphatic hydroxyl groups is 2. The van der Waals surface area contributed by atoms with Gasteiger partial charge in [-0.05, 0) is 11.6 Å². The van der Waals surface area contributed by atoms with E-state index in [-0.39, 0.29) is 13.2 Å². The molecule has 3 rings (SSSR count). The molecular weight excluding hydrogens is 288 g/mol. The Bertz CT molecular complexity index is 739. The van der Waals surface area contributed by atoms with E-state index in [1.54, 1.807) is 12.1 Å². The third-order valence-electron chi connectivity index (χ3n) is 2.67.